The number of nitrogens with one attached hydrogen (secondary N) is 2. The molecule has 27 heavy (non-hydrogen) atoms. The van der Waals surface area contributed by atoms with E-state index in [-0.39, 0.29) is 24.7 Å². The van der Waals surface area contributed by atoms with Crippen LogP contribution in [0.5, 0.6) is 0 Å². The summed E-state index contributed by atoms with van der Waals surface area (Å²) >= 11 is 0. The number of carboxylic acid groups (broad SMARTS) is 1. The van der Waals surface area contributed by atoms with Gasteiger partial charge in [0.1, 0.15) is 5.52 Å². The van der Waals surface area contributed by atoms with Crippen molar-refractivity contribution in [2.24, 2.45) is 0 Å². The maximum Gasteiger partial charge on any atom is 0.319 e. The van der Waals surface area contributed by atoms with Crippen LogP contribution in [-0.2, 0) is 4.79 Å². The highest BCUT2D eigenvalue weighted by Crippen LogP contribution is 2.26. The van der Waals surface area contributed by atoms with E-state index >= 15 is 0 Å². The Hall–Kier alpha value is -2.81. The van der Waals surface area contributed by atoms with Gasteiger partial charge in [-0.2, -0.15) is 4.98 Å². The zero-order valence-electron chi connectivity index (χ0n) is 15.7. The number of rotatable bonds is 7. The minimum atomic E-state index is -0.827. The second-order valence-corrected chi connectivity index (χ2v) is 6.95. The van der Waals surface area contributed by atoms with E-state index in [0.29, 0.717) is 29.3 Å². The maximum absolute atomic E-state index is 12.2. The van der Waals surface area contributed by atoms with Crippen molar-refractivity contribution in [3.8, 4) is 0 Å². The van der Waals surface area contributed by atoms with E-state index in [1.807, 2.05) is 25.9 Å². The molecule has 1 saturated carbocycles. The molecule has 0 spiro atoms. The summed E-state index contributed by atoms with van der Waals surface area (Å²) < 4.78 is 5.59. The van der Waals surface area contributed by atoms with Gasteiger partial charge >= 0.3 is 12.0 Å². The number of oxazole rings is 1. The minimum absolute atomic E-state index is 0.0345. The number of amides is 2. The number of carbonyl (C=O) groups excluding carboxylic acids is 1. The summed E-state index contributed by atoms with van der Waals surface area (Å²) in [7, 11) is 3.69. The first kappa shape index (κ1) is 19.0. The first-order valence-electron chi connectivity index (χ1n) is 8.97. The van der Waals surface area contributed by atoms with Crippen LogP contribution in [-0.4, -0.2) is 66.3 Å². The number of aromatic nitrogens is 1. The quantitative estimate of drug-likeness (QED) is 0.678. The van der Waals surface area contributed by atoms with Gasteiger partial charge in [0.25, 0.3) is 6.01 Å². The predicted octanol–water partition coefficient (Wildman–Crippen LogP) is 1.95. The van der Waals surface area contributed by atoms with Gasteiger partial charge in [-0.25, -0.2) is 4.79 Å². The molecule has 3 rings (SSSR count). The molecule has 0 radical (unpaired) electrons. The van der Waals surface area contributed by atoms with E-state index in [1.54, 1.807) is 23.1 Å². The van der Waals surface area contributed by atoms with E-state index in [0.717, 1.165) is 12.8 Å². The summed E-state index contributed by atoms with van der Waals surface area (Å²) in [6, 6.07) is 5.78. The molecule has 146 valence electrons. The highest BCUT2D eigenvalue weighted by Gasteiger charge is 2.34. The Morgan fingerprint density at radius 1 is 1.33 bits per heavy atom. The zero-order chi connectivity index (χ0) is 19.6. The fourth-order valence-electron chi connectivity index (χ4n) is 3.21. The van der Waals surface area contributed by atoms with Crippen molar-refractivity contribution in [3.63, 3.8) is 0 Å². The number of hydrogen-bond acceptors (Lipinski definition) is 6. The Labute approximate surface area is 157 Å². The molecule has 1 aromatic carbocycles. The number of benzene rings is 1. The molecule has 1 aliphatic carbocycles. The molecule has 9 heteroatoms. The van der Waals surface area contributed by atoms with Gasteiger partial charge in [-0.05, 0) is 37.6 Å². The second kappa shape index (κ2) is 7.83. The average Bonchev–Trinajstić information content (AvgIpc) is 2.99. The van der Waals surface area contributed by atoms with Crippen molar-refractivity contribution in [1.82, 2.24) is 15.2 Å². The van der Waals surface area contributed by atoms with Crippen molar-refractivity contribution in [3.05, 3.63) is 18.2 Å². The zero-order valence-corrected chi connectivity index (χ0v) is 15.7. The normalized spacial score (nSPS) is 19.0. The van der Waals surface area contributed by atoms with Crippen LogP contribution in [0.4, 0.5) is 16.5 Å². The van der Waals surface area contributed by atoms with E-state index in [4.69, 9.17) is 9.52 Å². The van der Waals surface area contributed by atoms with Crippen LogP contribution >= 0.6 is 0 Å². The fraction of sp³-hybridized carbons (Fsp3) is 0.500. The molecule has 0 saturated heterocycles. The molecule has 0 bridgehead atoms. The number of carbonyl (C=O) groups is 2. The predicted molar refractivity (Wildman–Crippen MR) is 102 cm³/mol. The van der Waals surface area contributed by atoms with Crippen molar-refractivity contribution >= 4 is 34.8 Å². The Bertz CT molecular complexity index is 828. The Morgan fingerprint density at radius 3 is 2.70 bits per heavy atom. The summed E-state index contributed by atoms with van der Waals surface area (Å²) in [5.74, 6) is -0.827. The first-order valence-corrected chi connectivity index (χ1v) is 8.97. The molecule has 2 amide bonds. The van der Waals surface area contributed by atoms with Crippen molar-refractivity contribution < 1.29 is 19.1 Å². The van der Waals surface area contributed by atoms with Gasteiger partial charge in [0, 0.05) is 31.9 Å². The number of hydrogen-bond donors (Lipinski definition) is 3. The molecule has 1 aromatic heterocycles. The lowest BCUT2D eigenvalue weighted by Gasteiger charge is -2.42. The second-order valence-electron chi connectivity index (χ2n) is 6.95. The van der Waals surface area contributed by atoms with Gasteiger partial charge < -0.3 is 25.1 Å². The third-order valence-electron chi connectivity index (χ3n) is 4.73. The lowest BCUT2D eigenvalue weighted by molar-refractivity contribution is -0.139. The van der Waals surface area contributed by atoms with Gasteiger partial charge in [0.2, 0.25) is 0 Å². The van der Waals surface area contributed by atoms with E-state index in [9.17, 15) is 9.59 Å². The van der Waals surface area contributed by atoms with Crippen LogP contribution in [0.2, 0.25) is 0 Å². The number of fused-ring (bicyclic) bond motifs is 1. The fourth-order valence-corrected chi connectivity index (χ4v) is 3.21. The van der Waals surface area contributed by atoms with E-state index in [2.05, 4.69) is 15.6 Å². The molecule has 1 heterocycles. The molecular formula is C18H25N5O4. The van der Waals surface area contributed by atoms with E-state index in [1.165, 1.54) is 0 Å². The standard InChI is InChI=1S/C18H25N5O4/c1-4-23(10-16(24)25)13-7-12(8-13)20-17(26)19-11-5-6-15-14(9-11)21-18(27-15)22(2)3/h5-6,9,12-13H,4,7-8,10H2,1-3H3,(H,24,25)(H2,19,20,26). The molecule has 9 nitrogen and oxygen atoms in total. The van der Waals surface area contributed by atoms with E-state index < -0.39 is 5.97 Å². The molecule has 1 fully saturated rings. The first-order chi connectivity index (χ1) is 12.9. The average molecular weight is 375 g/mol. The van der Waals surface area contributed by atoms with Crippen LogP contribution in [0.1, 0.15) is 19.8 Å². The van der Waals surface area contributed by atoms with Crippen LogP contribution < -0.4 is 15.5 Å². The van der Waals surface area contributed by atoms with Crippen LogP contribution in [0.25, 0.3) is 11.1 Å². The summed E-state index contributed by atoms with van der Waals surface area (Å²) in [5.41, 5.74) is 1.97. The molecule has 0 unspecified atom stereocenters. The SMILES string of the molecule is CCN(CC(=O)O)C1CC(NC(=O)Nc2ccc3oc(N(C)C)nc3c2)C1. The Morgan fingerprint density at radius 2 is 2.07 bits per heavy atom. The number of nitrogens with zero attached hydrogens (tertiary/aromatic N) is 3. The lowest BCUT2D eigenvalue weighted by atomic mass is 9.85. The number of likely N-dealkylation sites (N-methyl/N-ethyl adjacent to an activating group) is 1. The van der Waals surface area contributed by atoms with Gasteiger partial charge in [-0.15, -0.1) is 0 Å². The smallest absolute Gasteiger partial charge is 0.319 e. The molecular weight excluding hydrogens is 350 g/mol. The van der Waals surface area contributed by atoms with Crippen molar-refractivity contribution in [2.75, 3.05) is 37.4 Å². The van der Waals surface area contributed by atoms with Crippen LogP contribution in [0.3, 0.4) is 0 Å². The molecule has 3 N–H and O–H groups in total. The van der Waals surface area contributed by atoms with Gasteiger partial charge in [0.05, 0.1) is 6.54 Å². The monoisotopic (exact) mass is 375 g/mol. The van der Waals surface area contributed by atoms with Crippen LogP contribution in [0, 0.1) is 0 Å². The Kier molecular flexibility index (Phi) is 5.50. The minimum Gasteiger partial charge on any atom is -0.480 e. The summed E-state index contributed by atoms with van der Waals surface area (Å²) in [5, 5.41) is 14.7. The van der Waals surface area contributed by atoms with Gasteiger partial charge in [-0.1, -0.05) is 6.92 Å². The highest BCUT2D eigenvalue weighted by atomic mass is 16.4. The summed E-state index contributed by atoms with van der Waals surface area (Å²) in [6.45, 7) is 2.66. The molecule has 0 aliphatic heterocycles. The number of carboxylic acids is 1. The topological polar surface area (TPSA) is 111 Å². The van der Waals surface area contributed by atoms with Gasteiger partial charge in [0.15, 0.2) is 5.58 Å². The number of urea groups is 1. The molecule has 0 atom stereocenters. The van der Waals surface area contributed by atoms with Crippen LogP contribution in [0.15, 0.2) is 22.6 Å². The Balaban J connectivity index is 1.51. The third kappa shape index (κ3) is 4.48. The van der Waals surface area contributed by atoms with Crippen molar-refractivity contribution in [2.45, 2.75) is 31.8 Å². The third-order valence-corrected chi connectivity index (χ3v) is 4.73. The summed E-state index contributed by atoms with van der Waals surface area (Å²) in [4.78, 5) is 31.1. The van der Waals surface area contributed by atoms with Crippen molar-refractivity contribution in [1.29, 1.82) is 0 Å². The summed E-state index contributed by atoms with van der Waals surface area (Å²) in [6.07, 6.45) is 1.51. The van der Waals surface area contributed by atoms with Gasteiger partial charge in [-0.3, -0.25) is 9.69 Å². The molecule has 2 aromatic rings. The highest BCUT2D eigenvalue weighted by molar-refractivity contribution is 5.92. The number of aliphatic carboxylic acids is 1. The maximum atomic E-state index is 12.2. The number of anilines is 2. The lowest BCUT2D eigenvalue weighted by Crippen LogP contribution is -2.55. The molecule has 1 aliphatic rings. The largest absolute Gasteiger partial charge is 0.480 e.